The van der Waals surface area contributed by atoms with Crippen LogP contribution >= 0.6 is 24.0 Å². The van der Waals surface area contributed by atoms with Gasteiger partial charge in [0, 0.05) is 71.5 Å². The third kappa shape index (κ3) is 6.82. The summed E-state index contributed by atoms with van der Waals surface area (Å²) in [7, 11) is 3.56. The van der Waals surface area contributed by atoms with Crippen LogP contribution < -0.4 is 10.6 Å². The zero-order chi connectivity index (χ0) is 19.9. The summed E-state index contributed by atoms with van der Waals surface area (Å²) in [5.74, 6) is 0.915. The smallest absolute Gasteiger partial charge is 0.253 e. The average Bonchev–Trinajstić information content (AvgIpc) is 2.72. The quantitative estimate of drug-likeness (QED) is 0.325. The van der Waals surface area contributed by atoms with Crippen LogP contribution in [0.5, 0.6) is 0 Å². The predicted molar refractivity (Wildman–Crippen MR) is 129 cm³/mol. The number of amides is 1. The van der Waals surface area contributed by atoms with E-state index in [1.165, 1.54) is 26.2 Å². The van der Waals surface area contributed by atoms with Crippen LogP contribution in [0.1, 0.15) is 22.8 Å². The first-order valence-electron chi connectivity index (χ1n) is 10.4. The first-order chi connectivity index (χ1) is 13.6. The van der Waals surface area contributed by atoms with Crippen molar-refractivity contribution in [2.75, 3.05) is 66.5 Å². The van der Waals surface area contributed by atoms with Crippen LogP contribution in [0.15, 0.2) is 29.3 Å². The number of hydrogen-bond acceptors (Lipinski definition) is 4. The highest BCUT2D eigenvalue weighted by Gasteiger charge is 2.31. The van der Waals surface area contributed by atoms with Crippen LogP contribution in [0.4, 0.5) is 0 Å². The van der Waals surface area contributed by atoms with Gasteiger partial charge in [-0.15, -0.1) is 24.0 Å². The van der Waals surface area contributed by atoms with Crippen molar-refractivity contribution >= 4 is 35.8 Å². The van der Waals surface area contributed by atoms with E-state index >= 15 is 0 Å². The number of guanidine groups is 1. The number of halogens is 1. The summed E-state index contributed by atoms with van der Waals surface area (Å²) in [4.78, 5) is 23.7. The molecule has 7 nitrogen and oxygen atoms in total. The summed E-state index contributed by atoms with van der Waals surface area (Å²) in [5.41, 5.74) is 1.89. The molecule has 3 fully saturated rings. The van der Waals surface area contributed by atoms with Gasteiger partial charge in [-0.05, 0) is 31.0 Å². The molecule has 3 heterocycles. The Bertz CT molecular complexity index is 688. The summed E-state index contributed by atoms with van der Waals surface area (Å²) in [6.45, 7) is 10.4. The van der Waals surface area contributed by atoms with Gasteiger partial charge in [0.1, 0.15) is 0 Å². The van der Waals surface area contributed by atoms with Gasteiger partial charge in [0.15, 0.2) is 5.96 Å². The molecule has 1 aromatic carbocycles. The predicted octanol–water partition coefficient (Wildman–Crippen LogP) is 1.10. The second-order valence-corrected chi connectivity index (χ2v) is 7.79. The number of carbonyl (C=O) groups is 1. The number of carbonyl (C=O) groups excluding carboxylic acids is 1. The molecular weight excluding hydrogens is 479 g/mol. The topological polar surface area (TPSA) is 63.2 Å². The lowest BCUT2D eigenvalue weighted by Crippen LogP contribution is -2.62. The first-order valence-corrected chi connectivity index (χ1v) is 10.4. The number of rotatable bonds is 7. The van der Waals surface area contributed by atoms with Gasteiger partial charge in [-0.25, -0.2) is 0 Å². The summed E-state index contributed by atoms with van der Waals surface area (Å²) in [6, 6.07) is 8.40. The Labute approximate surface area is 191 Å². The van der Waals surface area contributed by atoms with Gasteiger partial charge in [0.2, 0.25) is 0 Å². The minimum Gasteiger partial charge on any atom is -0.357 e. The molecule has 0 radical (unpaired) electrons. The fraction of sp³-hybridized carbons (Fsp3) is 0.619. The van der Waals surface area contributed by atoms with Gasteiger partial charge < -0.3 is 15.5 Å². The second-order valence-electron chi connectivity index (χ2n) is 7.79. The Kier molecular flexibility index (Phi) is 9.64. The molecular formula is C21H35IN6O. The Balaban J connectivity index is 0.00000300. The number of nitrogens with zero attached hydrogens (tertiary/aromatic N) is 4. The van der Waals surface area contributed by atoms with Gasteiger partial charge in [-0.1, -0.05) is 12.1 Å². The van der Waals surface area contributed by atoms with E-state index in [9.17, 15) is 4.79 Å². The summed E-state index contributed by atoms with van der Waals surface area (Å²) >= 11 is 0. The first kappa shape index (κ1) is 23.9. The van der Waals surface area contributed by atoms with E-state index in [4.69, 9.17) is 4.99 Å². The van der Waals surface area contributed by atoms with E-state index in [0.29, 0.717) is 6.04 Å². The number of fused-ring (bicyclic) bond motifs is 3. The number of hydrogen-bond donors (Lipinski definition) is 2. The molecule has 1 aromatic rings. The minimum atomic E-state index is 0. The second kappa shape index (κ2) is 11.7. The fourth-order valence-electron chi connectivity index (χ4n) is 3.88. The largest absolute Gasteiger partial charge is 0.357 e. The monoisotopic (exact) mass is 514 g/mol. The van der Waals surface area contributed by atoms with Crippen LogP contribution in [-0.2, 0) is 6.42 Å². The minimum absolute atomic E-state index is 0. The fourth-order valence-corrected chi connectivity index (χ4v) is 3.88. The zero-order valence-electron chi connectivity index (χ0n) is 17.9. The molecule has 0 saturated carbocycles. The lowest BCUT2D eigenvalue weighted by molar-refractivity contribution is 0.0174. The molecule has 8 heteroatoms. The third-order valence-electron chi connectivity index (χ3n) is 5.48. The van der Waals surface area contributed by atoms with E-state index in [2.05, 4.69) is 33.4 Å². The molecule has 162 valence electrons. The van der Waals surface area contributed by atoms with Crippen molar-refractivity contribution in [3.8, 4) is 0 Å². The van der Waals surface area contributed by atoms with Crippen molar-refractivity contribution < 1.29 is 4.79 Å². The van der Waals surface area contributed by atoms with E-state index in [1.54, 1.807) is 19.0 Å². The van der Waals surface area contributed by atoms with E-state index < -0.39 is 0 Å². The highest BCUT2D eigenvalue weighted by molar-refractivity contribution is 14.0. The third-order valence-corrected chi connectivity index (χ3v) is 5.48. The Morgan fingerprint density at radius 3 is 2.59 bits per heavy atom. The van der Waals surface area contributed by atoms with Gasteiger partial charge in [0.05, 0.1) is 6.54 Å². The number of nitrogens with one attached hydrogen (secondary N) is 2. The number of piperazine rings is 3. The van der Waals surface area contributed by atoms with Crippen molar-refractivity contribution in [1.29, 1.82) is 0 Å². The molecule has 4 rings (SSSR count). The summed E-state index contributed by atoms with van der Waals surface area (Å²) in [5, 5.41) is 6.78. The Hall–Kier alpha value is -1.39. The standard InChI is InChI=1S/C21H34N6O.HI/c1-4-22-21(24-15-19-16-26-10-12-27(19)13-11-26)23-9-8-17-6-5-7-18(14-17)20(28)25(2)3;/h5-7,14,19H,4,8-13,15-16H2,1-3H3,(H2,22,23,24);1H. The Morgan fingerprint density at radius 1 is 1.21 bits per heavy atom. The Morgan fingerprint density at radius 2 is 1.97 bits per heavy atom. The molecule has 3 saturated heterocycles. The lowest BCUT2D eigenvalue weighted by atomic mass is 10.1. The van der Waals surface area contributed by atoms with E-state index in [-0.39, 0.29) is 29.9 Å². The summed E-state index contributed by atoms with van der Waals surface area (Å²) in [6.07, 6.45) is 0.849. The lowest BCUT2D eigenvalue weighted by Gasteiger charge is -2.47. The van der Waals surface area contributed by atoms with Crippen LogP contribution in [0, 0.1) is 0 Å². The highest BCUT2D eigenvalue weighted by atomic mass is 127. The zero-order valence-corrected chi connectivity index (χ0v) is 20.2. The van der Waals surface area contributed by atoms with Gasteiger partial charge in [0.25, 0.3) is 5.91 Å². The maximum Gasteiger partial charge on any atom is 0.253 e. The number of benzene rings is 1. The van der Waals surface area contributed by atoms with Gasteiger partial charge >= 0.3 is 0 Å². The van der Waals surface area contributed by atoms with Crippen LogP contribution in [0.3, 0.4) is 0 Å². The normalized spacial score (nSPS) is 23.3. The van der Waals surface area contributed by atoms with Crippen LogP contribution in [0.2, 0.25) is 0 Å². The molecule has 1 amide bonds. The molecule has 3 aliphatic heterocycles. The average molecular weight is 514 g/mol. The molecule has 2 bridgehead atoms. The maximum atomic E-state index is 12.1. The molecule has 1 atom stereocenters. The van der Waals surface area contributed by atoms with Crippen molar-refractivity contribution in [2.45, 2.75) is 19.4 Å². The van der Waals surface area contributed by atoms with Crippen molar-refractivity contribution in [2.24, 2.45) is 4.99 Å². The SMILES string of the molecule is CCNC(=NCC1CN2CCN1CC2)NCCc1cccc(C(=O)N(C)C)c1.I. The van der Waals surface area contributed by atoms with Crippen molar-refractivity contribution in [3.05, 3.63) is 35.4 Å². The molecule has 0 aromatic heterocycles. The van der Waals surface area contributed by atoms with E-state index in [1.807, 2.05) is 18.2 Å². The molecule has 0 spiro atoms. The summed E-state index contributed by atoms with van der Waals surface area (Å²) < 4.78 is 0. The molecule has 3 aliphatic rings. The molecule has 2 N–H and O–H groups in total. The van der Waals surface area contributed by atoms with Crippen molar-refractivity contribution in [1.82, 2.24) is 25.3 Å². The maximum absolute atomic E-state index is 12.1. The van der Waals surface area contributed by atoms with Crippen LogP contribution in [-0.4, -0.2) is 99.1 Å². The molecule has 1 unspecified atom stereocenters. The highest BCUT2D eigenvalue weighted by Crippen LogP contribution is 2.15. The van der Waals surface area contributed by atoms with E-state index in [0.717, 1.165) is 49.7 Å². The molecule has 29 heavy (non-hydrogen) atoms. The van der Waals surface area contributed by atoms with Gasteiger partial charge in [-0.3, -0.25) is 19.6 Å². The number of aliphatic imine (C=N–C) groups is 1. The van der Waals surface area contributed by atoms with Crippen molar-refractivity contribution in [3.63, 3.8) is 0 Å². The van der Waals surface area contributed by atoms with Gasteiger partial charge in [-0.2, -0.15) is 0 Å². The molecule has 0 aliphatic carbocycles. The van der Waals surface area contributed by atoms with Crippen LogP contribution in [0.25, 0.3) is 0 Å².